The smallest absolute Gasteiger partial charge is 0.344 e. The van der Waals surface area contributed by atoms with Gasteiger partial charge >= 0.3 is 5.97 Å². The zero-order chi connectivity index (χ0) is 20.5. The Morgan fingerprint density at radius 1 is 1.04 bits per heavy atom. The molecule has 0 spiro atoms. The van der Waals surface area contributed by atoms with Crippen LogP contribution in [0.3, 0.4) is 0 Å². The van der Waals surface area contributed by atoms with Gasteiger partial charge in [0.05, 0.1) is 12.7 Å². The number of hydrogen-bond acceptors (Lipinski definition) is 6. The number of ether oxygens (including phenoxy) is 3. The number of amides is 2. The number of halogens is 2. The predicted molar refractivity (Wildman–Crippen MR) is 96.5 cm³/mol. The first-order valence-corrected chi connectivity index (χ1v) is 8.23. The van der Waals surface area contributed by atoms with Crippen LogP contribution in [-0.4, -0.2) is 38.1 Å². The van der Waals surface area contributed by atoms with Gasteiger partial charge in [0.25, 0.3) is 11.8 Å². The van der Waals surface area contributed by atoms with Crippen LogP contribution >= 0.6 is 11.6 Å². The quantitative estimate of drug-likeness (QED) is 0.533. The Balaban J connectivity index is 1.73. The van der Waals surface area contributed by atoms with Gasteiger partial charge in [-0.1, -0.05) is 11.6 Å². The predicted octanol–water partition coefficient (Wildman–Crippen LogP) is 1.87. The molecule has 0 fully saturated rings. The molecular weight excluding hydrogens is 395 g/mol. The standard InChI is InChI=1S/C18H16ClFN2O6/c1-26-15-7-2-11(19)8-14(15)18(25)22-21-16(23)9-28-17(24)10-27-13-5-3-12(20)4-6-13/h2-8H,9-10H2,1H3,(H,21,23)(H,22,25). The van der Waals surface area contributed by atoms with Gasteiger partial charge in [-0.3, -0.25) is 20.4 Å². The lowest BCUT2D eigenvalue weighted by molar-refractivity contribution is -0.150. The average molecular weight is 411 g/mol. The van der Waals surface area contributed by atoms with Crippen molar-refractivity contribution in [3.8, 4) is 11.5 Å². The van der Waals surface area contributed by atoms with Crippen LogP contribution in [0.15, 0.2) is 42.5 Å². The monoisotopic (exact) mass is 410 g/mol. The molecule has 0 saturated heterocycles. The molecule has 0 aliphatic heterocycles. The van der Waals surface area contributed by atoms with Crippen molar-refractivity contribution in [2.24, 2.45) is 0 Å². The average Bonchev–Trinajstić information content (AvgIpc) is 2.69. The number of benzene rings is 2. The molecule has 0 saturated carbocycles. The van der Waals surface area contributed by atoms with Gasteiger partial charge in [-0.15, -0.1) is 0 Å². The van der Waals surface area contributed by atoms with Crippen LogP contribution < -0.4 is 20.3 Å². The summed E-state index contributed by atoms with van der Waals surface area (Å²) in [7, 11) is 1.38. The van der Waals surface area contributed by atoms with Gasteiger partial charge in [0.1, 0.15) is 17.3 Å². The molecule has 2 aromatic rings. The van der Waals surface area contributed by atoms with E-state index in [1.54, 1.807) is 6.07 Å². The maximum atomic E-state index is 12.8. The summed E-state index contributed by atoms with van der Waals surface area (Å²) in [6.45, 7) is -1.11. The lowest BCUT2D eigenvalue weighted by atomic mass is 10.2. The van der Waals surface area contributed by atoms with Crippen LogP contribution in [0.4, 0.5) is 4.39 Å². The van der Waals surface area contributed by atoms with Gasteiger partial charge in [0, 0.05) is 5.02 Å². The molecule has 2 aromatic carbocycles. The minimum absolute atomic E-state index is 0.111. The van der Waals surface area contributed by atoms with Crippen LogP contribution in [0.5, 0.6) is 11.5 Å². The minimum atomic E-state index is -0.817. The summed E-state index contributed by atoms with van der Waals surface area (Å²) in [5.41, 5.74) is 4.35. The highest BCUT2D eigenvalue weighted by Crippen LogP contribution is 2.22. The maximum Gasteiger partial charge on any atom is 0.344 e. The van der Waals surface area contributed by atoms with Gasteiger partial charge < -0.3 is 14.2 Å². The van der Waals surface area contributed by atoms with Crippen molar-refractivity contribution in [3.05, 3.63) is 58.9 Å². The second-order valence-electron chi connectivity index (χ2n) is 5.25. The molecule has 0 unspecified atom stereocenters. The Morgan fingerprint density at radius 3 is 2.43 bits per heavy atom. The number of carbonyl (C=O) groups excluding carboxylic acids is 3. The van der Waals surface area contributed by atoms with Crippen molar-refractivity contribution in [2.75, 3.05) is 20.3 Å². The highest BCUT2D eigenvalue weighted by atomic mass is 35.5. The summed E-state index contributed by atoms with van der Waals surface area (Å²) in [6, 6.07) is 9.45. The first-order chi connectivity index (χ1) is 13.4. The normalized spacial score (nSPS) is 9.96. The second-order valence-corrected chi connectivity index (χ2v) is 5.69. The van der Waals surface area contributed by atoms with Crippen LogP contribution in [0.1, 0.15) is 10.4 Å². The topological polar surface area (TPSA) is 103 Å². The lowest BCUT2D eigenvalue weighted by Gasteiger charge is -2.11. The summed E-state index contributed by atoms with van der Waals surface area (Å²) in [6.07, 6.45) is 0. The van der Waals surface area contributed by atoms with E-state index in [4.69, 9.17) is 25.8 Å². The van der Waals surface area contributed by atoms with E-state index < -0.39 is 36.8 Å². The van der Waals surface area contributed by atoms with E-state index >= 15 is 0 Å². The van der Waals surface area contributed by atoms with Crippen molar-refractivity contribution in [1.29, 1.82) is 0 Å². The van der Waals surface area contributed by atoms with Gasteiger partial charge in [0.2, 0.25) is 0 Å². The molecule has 0 aliphatic carbocycles. The van der Waals surface area contributed by atoms with E-state index in [0.29, 0.717) is 5.02 Å². The zero-order valence-corrected chi connectivity index (χ0v) is 15.4. The fraction of sp³-hybridized carbons (Fsp3) is 0.167. The van der Waals surface area contributed by atoms with Crippen molar-refractivity contribution in [2.45, 2.75) is 0 Å². The molecule has 0 heterocycles. The fourth-order valence-electron chi connectivity index (χ4n) is 1.95. The van der Waals surface area contributed by atoms with E-state index in [1.807, 2.05) is 0 Å². The van der Waals surface area contributed by atoms with Crippen LogP contribution in [-0.2, 0) is 14.3 Å². The van der Waals surface area contributed by atoms with Crippen molar-refractivity contribution in [3.63, 3.8) is 0 Å². The highest BCUT2D eigenvalue weighted by Gasteiger charge is 2.14. The summed E-state index contributed by atoms with van der Waals surface area (Å²) in [4.78, 5) is 35.3. The second kappa shape index (κ2) is 10.1. The Labute approximate surface area is 164 Å². The van der Waals surface area contributed by atoms with Crippen molar-refractivity contribution in [1.82, 2.24) is 10.9 Å². The number of carbonyl (C=O) groups is 3. The highest BCUT2D eigenvalue weighted by molar-refractivity contribution is 6.31. The summed E-state index contributed by atoms with van der Waals surface area (Å²) in [5.74, 6) is -2.17. The molecule has 28 heavy (non-hydrogen) atoms. The lowest BCUT2D eigenvalue weighted by Crippen LogP contribution is -2.43. The Morgan fingerprint density at radius 2 is 1.75 bits per heavy atom. The summed E-state index contributed by atoms with van der Waals surface area (Å²) < 4.78 is 27.6. The molecule has 10 heteroatoms. The molecule has 0 radical (unpaired) electrons. The Hall–Kier alpha value is -3.33. The largest absolute Gasteiger partial charge is 0.496 e. The van der Waals surface area contributed by atoms with Gasteiger partial charge in [-0.05, 0) is 42.5 Å². The third-order valence-corrected chi connectivity index (χ3v) is 3.49. The van der Waals surface area contributed by atoms with E-state index in [2.05, 4.69) is 10.9 Å². The van der Waals surface area contributed by atoms with Crippen molar-refractivity contribution < 1.29 is 33.0 Å². The molecular formula is C18H16ClFN2O6. The number of methoxy groups -OCH3 is 1. The van der Waals surface area contributed by atoms with Crippen molar-refractivity contribution >= 4 is 29.4 Å². The molecule has 2 N–H and O–H groups in total. The first-order valence-electron chi connectivity index (χ1n) is 7.85. The molecule has 148 valence electrons. The van der Waals surface area contributed by atoms with E-state index in [9.17, 15) is 18.8 Å². The fourth-order valence-corrected chi connectivity index (χ4v) is 2.12. The Bertz CT molecular complexity index is 860. The van der Waals surface area contributed by atoms with Crippen LogP contribution in [0, 0.1) is 5.82 Å². The number of esters is 1. The first kappa shape index (κ1) is 21.0. The molecule has 2 amide bonds. The third-order valence-electron chi connectivity index (χ3n) is 3.26. The minimum Gasteiger partial charge on any atom is -0.496 e. The summed E-state index contributed by atoms with van der Waals surface area (Å²) >= 11 is 5.84. The molecule has 2 rings (SSSR count). The zero-order valence-electron chi connectivity index (χ0n) is 14.7. The maximum absolute atomic E-state index is 12.8. The molecule has 0 aromatic heterocycles. The molecule has 0 aliphatic rings. The summed E-state index contributed by atoms with van der Waals surface area (Å²) in [5, 5.41) is 0.312. The van der Waals surface area contributed by atoms with E-state index in [0.717, 1.165) is 0 Å². The number of rotatable bonds is 7. The van der Waals surface area contributed by atoms with E-state index in [1.165, 1.54) is 43.5 Å². The van der Waals surface area contributed by atoms with Crippen LogP contribution in [0.25, 0.3) is 0 Å². The van der Waals surface area contributed by atoms with Gasteiger partial charge in [-0.2, -0.15) is 0 Å². The SMILES string of the molecule is COc1ccc(Cl)cc1C(=O)NNC(=O)COC(=O)COc1ccc(F)cc1. The number of hydrogen-bond donors (Lipinski definition) is 2. The third kappa shape index (κ3) is 6.44. The van der Waals surface area contributed by atoms with Crippen LogP contribution in [0.2, 0.25) is 5.02 Å². The Kier molecular flexibility index (Phi) is 7.58. The molecule has 8 nitrogen and oxygen atoms in total. The number of nitrogens with one attached hydrogen (secondary N) is 2. The van der Waals surface area contributed by atoms with Gasteiger partial charge in [-0.25, -0.2) is 9.18 Å². The van der Waals surface area contributed by atoms with Gasteiger partial charge in [0.15, 0.2) is 13.2 Å². The molecule has 0 bridgehead atoms. The molecule has 0 atom stereocenters. The van der Waals surface area contributed by atoms with E-state index in [-0.39, 0.29) is 17.1 Å². The number of hydrazine groups is 1.